The molecular formula is C11H20N2O2S. The summed E-state index contributed by atoms with van der Waals surface area (Å²) in [5.74, 6) is -0.140. The average Bonchev–Trinajstić information content (AvgIpc) is 2.79. The number of thioether (sulfide) groups is 1. The highest BCUT2D eigenvalue weighted by Gasteiger charge is 2.29. The molecule has 0 aliphatic carbocycles. The van der Waals surface area contributed by atoms with Gasteiger partial charge in [0.15, 0.2) is 0 Å². The second-order valence-electron chi connectivity index (χ2n) is 4.10. The third kappa shape index (κ3) is 3.23. The summed E-state index contributed by atoms with van der Waals surface area (Å²) in [4.78, 5) is 13.6. The summed E-state index contributed by atoms with van der Waals surface area (Å²) in [5, 5.41) is 11.7. The number of nitrogens with two attached hydrogens (primary N) is 1. The van der Waals surface area contributed by atoms with Crippen molar-refractivity contribution in [2.24, 2.45) is 5.73 Å². The molecule has 5 heteroatoms. The van der Waals surface area contributed by atoms with Crippen molar-refractivity contribution in [3.05, 3.63) is 11.0 Å². The zero-order valence-electron chi connectivity index (χ0n) is 9.85. The fourth-order valence-electron chi connectivity index (χ4n) is 1.82. The molecule has 0 aromatic heterocycles. The standard InChI is InChI=1S/C11H20N2O2S/c1-8(7-16-2)10(14)9(12)11(15)13-5-3-4-6-13/h7,9-10,14H,3-6,12H2,1-2H3/b8-7+. The smallest absolute Gasteiger partial charge is 0.242 e. The normalized spacial score (nSPS) is 21.0. The Labute approximate surface area is 101 Å². The molecule has 3 N–H and O–H groups in total. The molecule has 2 atom stereocenters. The number of likely N-dealkylation sites (tertiary alicyclic amines) is 1. The van der Waals surface area contributed by atoms with Gasteiger partial charge in [-0.25, -0.2) is 0 Å². The van der Waals surface area contributed by atoms with E-state index < -0.39 is 12.1 Å². The van der Waals surface area contributed by atoms with Gasteiger partial charge in [0.25, 0.3) is 0 Å². The molecule has 1 aliphatic heterocycles. The van der Waals surface area contributed by atoms with Crippen LogP contribution in [0.25, 0.3) is 0 Å². The molecule has 4 nitrogen and oxygen atoms in total. The molecule has 0 bridgehead atoms. The van der Waals surface area contributed by atoms with Gasteiger partial charge in [-0.1, -0.05) is 0 Å². The van der Waals surface area contributed by atoms with E-state index >= 15 is 0 Å². The molecule has 0 aromatic rings. The van der Waals surface area contributed by atoms with E-state index in [0.717, 1.165) is 31.5 Å². The van der Waals surface area contributed by atoms with Gasteiger partial charge in [-0.15, -0.1) is 11.8 Å². The highest BCUT2D eigenvalue weighted by Crippen LogP contribution is 2.14. The van der Waals surface area contributed by atoms with Gasteiger partial charge < -0.3 is 15.7 Å². The Morgan fingerprint density at radius 3 is 2.56 bits per heavy atom. The molecule has 2 unspecified atom stereocenters. The van der Waals surface area contributed by atoms with Crippen LogP contribution in [-0.2, 0) is 4.79 Å². The highest BCUT2D eigenvalue weighted by molar-refractivity contribution is 8.01. The highest BCUT2D eigenvalue weighted by atomic mass is 32.2. The van der Waals surface area contributed by atoms with E-state index in [2.05, 4.69) is 0 Å². The third-order valence-electron chi connectivity index (χ3n) is 2.81. The molecular weight excluding hydrogens is 224 g/mol. The maximum Gasteiger partial charge on any atom is 0.242 e. The Kier molecular flexibility index (Phi) is 5.31. The molecule has 1 aliphatic rings. The lowest BCUT2D eigenvalue weighted by Crippen LogP contribution is -2.49. The molecule has 0 radical (unpaired) electrons. The van der Waals surface area contributed by atoms with Crippen molar-refractivity contribution in [3.8, 4) is 0 Å². The van der Waals surface area contributed by atoms with Crippen molar-refractivity contribution in [3.63, 3.8) is 0 Å². The van der Waals surface area contributed by atoms with Gasteiger partial charge >= 0.3 is 0 Å². The van der Waals surface area contributed by atoms with Crippen molar-refractivity contribution in [1.82, 2.24) is 4.90 Å². The lowest BCUT2D eigenvalue weighted by Gasteiger charge is -2.24. The van der Waals surface area contributed by atoms with Crippen LogP contribution in [-0.4, -0.2) is 47.4 Å². The summed E-state index contributed by atoms with van der Waals surface area (Å²) in [6.45, 7) is 3.33. The van der Waals surface area contributed by atoms with Crippen LogP contribution in [0.3, 0.4) is 0 Å². The minimum absolute atomic E-state index is 0.140. The molecule has 92 valence electrons. The summed E-state index contributed by atoms with van der Waals surface area (Å²) in [5.41, 5.74) is 6.52. The number of carbonyl (C=O) groups excluding carboxylic acids is 1. The Balaban J connectivity index is 2.58. The molecule has 1 fully saturated rings. The molecule has 1 amide bonds. The van der Waals surface area contributed by atoms with Crippen LogP contribution in [0, 0.1) is 0 Å². The predicted molar refractivity (Wildman–Crippen MR) is 67.1 cm³/mol. The number of hydrogen-bond donors (Lipinski definition) is 2. The van der Waals surface area contributed by atoms with Crippen LogP contribution >= 0.6 is 11.8 Å². The Hall–Kier alpha value is -0.520. The van der Waals surface area contributed by atoms with Crippen LogP contribution < -0.4 is 5.73 Å². The van der Waals surface area contributed by atoms with E-state index in [1.54, 1.807) is 11.8 Å². The molecule has 0 aromatic carbocycles. The van der Waals surface area contributed by atoms with E-state index in [-0.39, 0.29) is 5.91 Å². The zero-order valence-corrected chi connectivity index (χ0v) is 10.7. The molecule has 0 spiro atoms. The first kappa shape index (κ1) is 13.5. The minimum atomic E-state index is -0.874. The maximum atomic E-state index is 11.9. The van der Waals surface area contributed by atoms with Gasteiger partial charge in [-0.3, -0.25) is 4.79 Å². The van der Waals surface area contributed by atoms with Crippen molar-refractivity contribution >= 4 is 17.7 Å². The van der Waals surface area contributed by atoms with Crippen LogP contribution in [0.2, 0.25) is 0 Å². The van der Waals surface area contributed by atoms with Crippen LogP contribution in [0.15, 0.2) is 11.0 Å². The molecule has 1 heterocycles. The lowest BCUT2D eigenvalue weighted by atomic mass is 10.1. The third-order valence-corrected chi connectivity index (χ3v) is 3.42. The SMILES string of the molecule is CS/C=C(\C)C(O)C(N)C(=O)N1CCCC1. The van der Waals surface area contributed by atoms with Crippen molar-refractivity contribution in [2.75, 3.05) is 19.3 Å². The number of nitrogens with zero attached hydrogens (tertiary/aromatic N) is 1. The van der Waals surface area contributed by atoms with Gasteiger partial charge in [-0.05, 0) is 37.0 Å². The van der Waals surface area contributed by atoms with Gasteiger partial charge in [0, 0.05) is 13.1 Å². The van der Waals surface area contributed by atoms with Crippen LogP contribution in [0.5, 0.6) is 0 Å². The fraction of sp³-hybridized carbons (Fsp3) is 0.727. The maximum absolute atomic E-state index is 11.9. The molecule has 16 heavy (non-hydrogen) atoms. The van der Waals surface area contributed by atoms with Gasteiger partial charge in [0.2, 0.25) is 5.91 Å². The van der Waals surface area contributed by atoms with Gasteiger partial charge in [0.1, 0.15) is 6.04 Å². The average molecular weight is 244 g/mol. The summed E-state index contributed by atoms with van der Waals surface area (Å²) in [6, 6.07) is -0.832. The summed E-state index contributed by atoms with van der Waals surface area (Å²) in [6.07, 6.45) is 3.10. The Morgan fingerprint density at radius 2 is 2.06 bits per heavy atom. The Morgan fingerprint density at radius 1 is 1.50 bits per heavy atom. The zero-order chi connectivity index (χ0) is 12.1. The van der Waals surface area contributed by atoms with Crippen molar-refractivity contribution in [2.45, 2.75) is 31.9 Å². The molecule has 1 rings (SSSR count). The Bertz CT molecular complexity index is 275. The molecule has 1 saturated heterocycles. The topological polar surface area (TPSA) is 66.6 Å². The summed E-state index contributed by atoms with van der Waals surface area (Å²) < 4.78 is 0. The molecule has 0 saturated carbocycles. The second-order valence-corrected chi connectivity index (χ2v) is 4.81. The number of amides is 1. The largest absolute Gasteiger partial charge is 0.387 e. The quantitative estimate of drug-likeness (QED) is 0.758. The van der Waals surface area contributed by atoms with Crippen molar-refractivity contribution in [1.29, 1.82) is 0 Å². The lowest BCUT2D eigenvalue weighted by molar-refractivity contribution is -0.133. The van der Waals surface area contributed by atoms with E-state index in [1.165, 1.54) is 11.8 Å². The minimum Gasteiger partial charge on any atom is -0.387 e. The number of aliphatic hydroxyl groups is 1. The fourth-order valence-corrected chi connectivity index (χ4v) is 2.33. The number of rotatable bonds is 4. The van der Waals surface area contributed by atoms with Gasteiger partial charge in [-0.2, -0.15) is 0 Å². The number of hydrogen-bond acceptors (Lipinski definition) is 4. The van der Waals surface area contributed by atoms with E-state index in [1.807, 2.05) is 11.7 Å². The first-order valence-electron chi connectivity index (χ1n) is 5.50. The van der Waals surface area contributed by atoms with Crippen LogP contribution in [0.1, 0.15) is 19.8 Å². The van der Waals surface area contributed by atoms with Crippen LogP contribution in [0.4, 0.5) is 0 Å². The first-order valence-corrected chi connectivity index (χ1v) is 6.78. The summed E-state index contributed by atoms with van der Waals surface area (Å²) in [7, 11) is 0. The van der Waals surface area contributed by atoms with Gasteiger partial charge in [0.05, 0.1) is 6.10 Å². The second kappa shape index (κ2) is 6.27. The van der Waals surface area contributed by atoms with Crippen molar-refractivity contribution < 1.29 is 9.90 Å². The predicted octanol–water partition coefficient (Wildman–Crippen LogP) is 0.564. The van der Waals surface area contributed by atoms with E-state index in [9.17, 15) is 9.90 Å². The van der Waals surface area contributed by atoms with E-state index in [4.69, 9.17) is 5.73 Å². The first-order chi connectivity index (χ1) is 7.57. The summed E-state index contributed by atoms with van der Waals surface area (Å²) >= 11 is 1.50. The monoisotopic (exact) mass is 244 g/mol. The number of carbonyl (C=O) groups is 1. The number of aliphatic hydroxyl groups excluding tert-OH is 1. The van der Waals surface area contributed by atoms with E-state index in [0.29, 0.717) is 0 Å².